The van der Waals surface area contributed by atoms with Gasteiger partial charge in [0.2, 0.25) is 0 Å². The van der Waals surface area contributed by atoms with Crippen molar-refractivity contribution >= 4 is 11.7 Å². The highest BCUT2D eigenvalue weighted by Crippen LogP contribution is 2.19. The number of anilines is 1. The van der Waals surface area contributed by atoms with Crippen LogP contribution in [0.25, 0.3) is 0 Å². The molecule has 2 aromatic carbocycles. The van der Waals surface area contributed by atoms with Gasteiger partial charge in [-0.3, -0.25) is 0 Å². The van der Waals surface area contributed by atoms with Crippen LogP contribution in [0.5, 0.6) is 0 Å². The minimum absolute atomic E-state index is 0.319. The summed E-state index contributed by atoms with van der Waals surface area (Å²) in [6.45, 7) is 0. The predicted octanol–water partition coefficient (Wildman–Crippen LogP) is 2.65. The van der Waals surface area contributed by atoms with E-state index in [4.69, 9.17) is 10.5 Å². The van der Waals surface area contributed by atoms with Crippen molar-refractivity contribution in [2.75, 3.05) is 12.8 Å². The summed E-state index contributed by atoms with van der Waals surface area (Å²) in [5, 5.41) is 0. The van der Waals surface area contributed by atoms with E-state index < -0.39 is 0 Å². The highest BCUT2D eigenvalue weighted by molar-refractivity contribution is 5.91. The molecule has 92 valence electrons. The van der Waals surface area contributed by atoms with Gasteiger partial charge in [-0.1, -0.05) is 36.4 Å². The Labute approximate surface area is 106 Å². The smallest absolute Gasteiger partial charge is 0.338 e. The van der Waals surface area contributed by atoms with E-state index in [2.05, 4.69) is 0 Å². The normalized spacial score (nSPS) is 10.1. The van der Waals surface area contributed by atoms with Gasteiger partial charge >= 0.3 is 5.97 Å². The number of nitrogen functional groups attached to an aromatic ring is 1. The summed E-state index contributed by atoms with van der Waals surface area (Å²) in [4.78, 5) is 11.7. The maximum absolute atomic E-state index is 11.7. The Hall–Kier alpha value is -2.29. The molecule has 18 heavy (non-hydrogen) atoms. The first-order valence-electron chi connectivity index (χ1n) is 5.72. The molecule has 0 bridgehead atoms. The zero-order valence-corrected chi connectivity index (χ0v) is 10.2. The molecule has 0 aliphatic carbocycles. The number of carbonyl (C=O) groups is 1. The van der Waals surface area contributed by atoms with Crippen LogP contribution in [0.1, 0.15) is 21.5 Å². The Bertz CT molecular complexity index is 564. The minimum Gasteiger partial charge on any atom is -0.465 e. The monoisotopic (exact) mass is 241 g/mol. The molecular formula is C15H15NO2. The second kappa shape index (κ2) is 5.36. The van der Waals surface area contributed by atoms with E-state index in [-0.39, 0.29) is 5.97 Å². The van der Waals surface area contributed by atoms with Crippen molar-refractivity contribution in [3.8, 4) is 0 Å². The Balaban J connectivity index is 2.35. The van der Waals surface area contributed by atoms with Gasteiger partial charge in [0.25, 0.3) is 0 Å². The molecule has 3 heteroatoms. The molecule has 0 spiro atoms. The van der Waals surface area contributed by atoms with Crippen molar-refractivity contribution in [3.05, 3.63) is 65.2 Å². The van der Waals surface area contributed by atoms with E-state index in [0.29, 0.717) is 12.0 Å². The molecule has 2 rings (SSSR count). The third-order valence-corrected chi connectivity index (χ3v) is 2.86. The lowest BCUT2D eigenvalue weighted by molar-refractivity contribution is 0.0599. The molecule has 2 N–H and O–H groups in total. The Morgan fingerprint density at radius 3 is 2.33 bits per heavy atom. The fourth-order valence-electron chi connectivity index (χ4n) is 1.88. The van der Waals surface area contributed by atoms with Crippen LogP contribution in [-0.4, -0.2) is 13.1 Å². The van der Waals surface area contributed by atoms with Gasteiger partial charge in [-0.15, -0.1) is 0 Å². The fraction of sp³-hybridized carbons (Fsp3) is 0.133. The van der Waals surface area contributed by atoms with E-state index in [1.54, 1.807) is 6.07 Å². The van der Waals surface area contributed by atoms with Crippen LogP contribution in [0.3, 0.4) is 0 Å². The first-order chi connectivity index (χ1) is 8.72. The first kappa shape index (κ1) is 12.2. The Kier molecular flexibility index (Phi) is 3.63. The van der Waals surface area contributed by atoms with Crippen LogP contribution in [0.15, 0.2) is 48.5 Å². The predicted molar refractivity (Wildman–Crippen MR) is 71.4 cm³/mol. The van der Waals surface area contributed by atoms with Crippen molar-refractivity contribution in [3.63, 3.8) is 0 Å². The van der Waals surface area contributed by atoms with Crippen molar-refractivity contribution in [1.29, 1.82) is 0 Å². The van der Waals surface area contributed by atoms with Gasteiger partial charge in [-0.2, -0.15) is 0 Å². The number of hydrogen-bond donors (Lipinski definition) is 1. The summed E-state index contributed by atoms with van der Waals surface area (Å²) in [5.41, 5.74) is 9.16. The molecule has 0 aliphatic rings. The third-order valence-electron chi connectivity index (χ3n) is 2.86. The number of esters is 1. The third kappa shape index (κ3) is 2.51. The molecule has 0 saturated carbocycles. The number of rotatable bonds is 3. The van der Waals surface area contributed by atoms with E-state index >= 15 is 0 Å². The average Bonchev–Trinajstić information content (AvgIpc) is 2.41. The average molecular weight is 241 g/mol. The summed E-state index contributed by atoms with van der Waals surface area (Å²) >= 11 is 0. The largest absolute Gasteiger partial charge is 0.465 e. The number of hydrogen-bond acceptors (Lipinski definition) is 3. The minimum atomic E-state index is -0.319. The number of ether oxygens (including phenoxy) is 1. The lowest BCUT2D eigenvalue weighted by atomic mass is 9.99. The SMILES string of the molecule is COC(=O)c1ccccc1Cc1ccccc1N. The summed E-state index contributed by atoms with van der Waals surface area (Å²) in [7, 11) is 1.38. The van der Waals surface area contributed by atoms with Gasteiger partial charge < -0.3 is 10.5 Å². The van der Waals surface area contributed by atoms with Crippen LogP contribution in [-0.2, 0) is 11.2 Å². The molecular weight excluding hydrogens is 226 g/mol. The van der Waals surface area contributed by atoms with Gasteiger partial charge in [-0.05, 0) is 23.3 Å². The Morgan fingerprint density at radius 2 is 1.67 bits per heavy atom. The molecule has 0 saturated heterocycles. The molecule has 0 atom stereocenters. The molecule has 0 radical (unpaired) electrons. The van der Waals surface area contributed by atoms with E-state index in [1.165, 1.54) is 7.11 Å². The molecule has 0 heterocycles. The lowest BCUT2D eigenvalue weighted by Gasteiger charge is -2.09. The quantitative estimate of drug-likeness (QED) is 0.664. The highest BCUT2D eigenvalue weighted by Gasteiger charge is 2.11. The second-order valence-electron chi connectivity index (χ2n) is 4.02. The van der Waals surface area contributed by atoms with Crippen LogP contribution in [0.2, 0.25) is 0 Å². The molecule has 0 aromatic heterocycles. The summed E-state index contributed by atoms with van der Waals surface area (Å²) in [6.07, 6.45) is 0.623. The van der Waals surface area contributed by atoms with Crippen LogP contribution >= 0.6 is 0 Å². The highest BCUT2D eigenvalue weighted by atomic mass is 16.5. The maximum atomic E-state index is 11.7. The number of para-hydroxylation sites is 1. The Morgan fingerprint density at radius 1 is 1.06 bits per heavy atom. The second-order valence-corrected chi connectivity index (χ2v) is 4.02. The van der Waals surface area contributed by atoms with Gasteiger partial charge in [0.15, 0.2) is 0 Å². The molecule has 0 amide bonds. The van der Waals surface area contributed by atoms with Gasteiger partial charge in [0, 0.05) is 12.1 Å². The van der Waals surface area contributed by atoms with Crippen LogP contribution in [0, 0.1) is 0 Å². The van der Waals surface area contributed by atoms with E-state index in [9.17, 15) is 4.79 Å². The van der Waals surface area contributed by atoms with E-state index in [0.717, 1.165) is 16.8 Å². The number of methoxy groups -OCH3 is 1. The van der Waals surface area contributed by atoms with E-state index in [1.807, 2.05) is 42.5 Å². The zero-order valence-electron chi connectivity index (χ0n) is 10.2. The molecule has 0 unspecified atom stereocenters. The van der Waals surface area contributed by atoms with Gasteiger partial charge in [-0.25, -0.2) is 4.79 Å². The van der Waals surface area contributed by atoms with Gasteiger partial charge in [0.1, 0.15) is 0 Å². The van der Waals surface area contributed by atoms with Crippen molar-refractivity contribution in [2.45, 2.75) is 6.42 Å². The first-order valence-corrected chi connectivity index (χ1v) is 5.72. The summed E-state index contributed by atoms with van der Waals surface area (Å²) < 4.78 is 4.77. The van der Waals surface area contributed by atoms with Gasteiger partial charge in [0.05, 0.1) is 12.7 Å². The van der Waals surface area contributed by atoms with Crippen molar-refractivity contribution < 1.29 is 9.53 Å². The number of benzene rings is 2. The maximum Gasteiger partial charge on any atom is 0.338 e. The number of carbonyl (C=O) groups excluding carboxylic acids is 1. The van der Waals surface area contributed by atoms with Crippen LogP contribution < -0.4 is 5.73 Å². The van der Waals surface area contributed by atoms with Crippen molar-refractivity contribution in [1.82, 2.24) is 0 Å². The van der Waals surface area contributed by atoms with Crippen LogP contribution in [0.4, 0.5) is 5.69 Å². The molecule has 0 fully saturated rings. The summed E-state index contributed by atoms with van der Waals surface area (Å²) in [5.74, 6) is -0.319. The lowest BCUT2D eigenvalue weighted by Crippen LogP contribution is -2.06. The zero-order chi connectivity index (χ0) is 13.0. The molecule has 2 aromatic rings. The summed E-state index contributed by atoms with van der Waals surface area (Å²) in [6, 6.07) is 15.1. The number of nitrogens with two attached hydrogens (primary N) is 1. The molecule has 3 nitrogen and oxygen atoms in total. The van der Waals surface area contributed by atoms with Crippen molar-refractivity contribution in [2.24, 2.45) is 0 Å². The topological polar surface area (TPSA) is 52.3 Å². The fourth-order valence-corrected chi connectivity index (χ4v) is 1.88. The molecule has 0 aliphatic heterocycles. The standard InChI is InChI=1S/C15H15NO2/c1-18-15(17)13-8-4-2-6-11(13)10-12-7-3-5-9-14(12)16/h2-9H,10,16H2,1H3.